The van der Waals surface area contributed by atoms with Crippen molar-refractivity contribution in [2.75, 3.05) is 7.11 Å². The SMILES string of the molecule is COC(=O)c1ccccc1CS(=O)O. The fourth-order valence-corrected chi connectivity index (χ4v) is 1.61. The first-order chi connectivity index (χ1) is 6.65. The summed E-state index contributed by atoms with van der Waals surface area (Å²) in [4.78, 5) is 11.2. The number of hydrogen-bond acceptors (Lipinski definition) is 3. The van der Waals surface area contributed by atoms with E-state index < -0.39 is 17.0 Å². The van der Waals surface area contributed by atoms with Crippen molar-refractivity contribution in [3.8, 4) is 0 Å². The average Bonchev–Trinajstić information content (AvgIpc) is 2.16. The highest BCUT2D eigenvalue weighted by Crippen LogP contribution is 2.11. The molecule has 1 atom stereocenters. The maximum atomic E-state index is 11.2. The highest BCUT2D eigenvalue weighted by molar-refractivity contribution is 7.78. The van der Waals surface area contributed by atoms with E-state index in [0.29, 0.717) is 11.1 Å². The lowest BCUT2D eigenvalue weighted by molar-refractivity contribution is 0.0600. The lowest BCUT2D eigenvalue weighted by atomic mass is 10.1. The molecule has 5 heteroatoms. The van der Waals surface area contributed by atoms with Crippen molar-refractivity contribution in [2.45, 2.75) is 5.75 Å². The third-order valence-electron chi connectivity index (χ3n) is 1.70. The zero-order chi connectivity index (χ0) is 10.6. The van der Waals surface area contributed by atoms with Crippen molar-refractivity contribution >= 4 is 17.0 Å². The maximum Gasteiger partial charge on any atom is 0.338 e. The number of esters is 1. The van der Waals surface area contributed by atoms with Crippen LogP contribution in [-0.2, 0) is 21.6 Å². The first-order valence-electron chi connectivity index (χ1n) is 3.89. The summed E-state index contributed by atoms with van der Waals surface area (Å²) in [6.45, 7) is 0. The lowest BCUT2D eigenvalue weighted by Crippen LogP contribution is -2.07. The molecule has 0 aliphatic rings. The van der Waals surface area contributed by atoms with Crippen molar-refractivity contribution in [1.29, 1.82) is 0 Å². The van der Waals surface area contributed by atoms with Crippen LogP contribution >= 0.6 is 0 Å². The predicted octanol–water partition coefficient (Wildman–Crippen LogP) is 1.19. The number of rotatable bonds is 3. The lowest BCUT2D eigenvalue weighted by Gasteiger charge is -2.04. The molecule has 0 amide bonds. The second-order valence-electron chi connectivity index (χ2n) is 2.61. The van der Waals surface area contributed by atoms with Gasteiger partial charge < -0.3 is 9.29 Å². The molecule has 1 N–H and O–H groups in total. The number of carbonyl (C=O) groups is 1. The van der Waals surface area contributed by atoms with E-state index in [9.17, 15) is 9.00 Å². The van der Waals surface area contributed by atoms with Crippen LogP contribution in [0.25, 0.3) is 0 Å². The Morgan fingerprint density at radius 1 is 1.50 bits per heavy atom. The Kier molecular flexibility index (Phi) is 3.79. The van der Waals surface area contributed by atoms with Gasteiger partial charge in [0.2, 0.25) is 0 Å². The maximum absolute atomic E-state index is 11.2. The van der Waals surface area contributed by atoms with Crippen LogP contribution in [-0.4, -0.2) is 21.8 Å². The van der Waals surface area contributed by atoms with Gasteiger partial charge in [0.15, 0.2) is 11.1 Å². The van der Waals surface area contributed by atoms with E-state index in [4.69, 9.17) is 4.55 Å². The molecule has 0 aliphatic heterocycles. The minimum Gasteiger partial charge on any atom is -0.465 e. The van der Waals surface area contributed by atoms with E-state index in [1.807, 2.05) is 0 Å². The number of methoxy groups -OCH3 is 1. The highest BCUT2D eigenvalue weighted by Gasteiger charge is 2.11. The van der Waals surface area contributed by atoms with Gasteiger partial charge in [-0.15, -0.1) is 0 Å². The smallest absolute Gasteiger partial charge is 0.338 e. The summed E-state index contributed by atoms with van der Waals surface area (Å²) in [6.07, 6.45) is 0. The van der Waals surface area contributed by atoms with Crippen molar-refractivity contribution in [2.24, 2.45) is 0 Å². The number of benzene rings is 1. The summed E-state index contributed by atoms with van der Waals surface area (Å²) in [7, 11) is 1.27. The van der Waals surface area contributed by atoms with Gasteiger partial charge in [-0.25, -0.2) is 9.00 Å². The number of carbonyl (C=O) groups excluding carboxylic acids is 1. The molecule has 14 heavy (non-hydrogen) atoms. The quantitative estimate of drug-likeness (QED) is 0.606. The standard InChI is InChI=1S/C9H10O4S/c1-13-9(10)8-5-3-2-4-7(8)6-14(11)12/h2-5H,6H2,1H3,(H,11,12). The van der Waals surface area contributed by atoms with Crippen LogP contribution in [0.4, 0.5) is 0 Å². The van der Waals surface area contributed by atoms with Gasteiger partial charge in [0, 0.05) is 0 Å². The second-order valence-corrected chi connectivity index (χ2v) is 3.55. The van der Waals surface area contributed by atoms with Crippen molar-refractivity contribution in [3.05, 3.63) is 35.4 Å². The van der Waals surface area contributed by atoms with Crippen LogP contribution < -0.4 is 0 Å². The molecule has 0 saturated carbocycles. The monoisotopic (exact) mass is 214 g/mol. The number of ether oxygens (including phenoxy) is 1. The van der Waals surface area contributed by atoms with E-state index in [0.717, 1.165) is 0 Å². The van der Waals surface area contributed by atoms with Gasteiger partial charge in [-0.1, -0.05) is 18.2 Å². The summed E-state index contributed by atoms with van der Waals surface area (Å²) in [5.41, 5.74) is 0.845. The third-order valence-corrected chi connectivity index (χ3v) is 2.26. The fourth-order valence-electron chi connectivity index (χ4n) is 1.09. The van der Waals surface area contributed by atoms with E-state index in [1.165, 1.54) is 7.11 Å². The predicted molar refractivity (Wildman–Crippen MR) is 52.3 cm³/mol. The second kappa shape index (κ2) is 4.88. The van der Waals surface area contributed by atoms with Gasteiger partial charge >= 0.3 is 5.97 Å². The largest absolute Gasteiger partial charge is 0.465 e. The molecule has 0 saturated heterocycles. The Bertz CT molecular complexity index is 362. The normalized spacial score (nSPS) is 12.1. The van der Waals surface area contributed by atoms with Gasteiger partial charge in [-0.3, -0.25) is 0 Å². The van der Waals surface area contributed by atoms with Crippen LogP contribution in [0.1, 0.15) is 15.9 Å². The summed E-state index contributed by atoms with van der Waals surface area (Å²) in [5, 5.41) is 0. The molecule has 1 rings (SSSR count). The zero-order valence-corrected chi connectivity index (χ0v) is 8.41. The molecule has 0 aromatic heterocycles. The molecule has 0 fully saturated rings. The van der Waals surface area contributed by atoms with Crippen LogP contribution in [0, 0.1) is 0 Å². The van der Waals surface area contributed by atoms with Gasteiger partial charge in [-0.2, -0.15) is 0 Å². The van der Waals surface area contributed by atoms with E-state index in [-0.39, 0.29) is 5.75 Å². The summed E-state index contributed by atoms with van der Waals surface area (Å²) >= 11 is -1.95. The fraction of sp³-hybridized carbons (Fsp3) is 0.222. The van der Waals surface area contributed by atoms with Crippen LogP contribution in [0.3, 0.4) is 0 Å². The van der Waals surface area contributed by atoms with E-state index in [1.54, 1.807) is 24.3 Å². The minimum atomic E-state index is -1.95. The van der Waals surface area contributed by atoms with E-state index >= 15 is 0 Å². The van der Waals surface area contributed by atoms with Gasteiger partial charge in [0.25, 0.3) is 0 Å². The summed E-state index contributed by atoms with van der Waals surface area (Å²) in [5.74, 6) is -0.559. The molecule has 1 unspecified atom stereocenters. The van der Waals surface area contributed by atoms with Gasteiger partial charge in [0.1, 0.15) is 0 Å². The highest BCUT2D eigenvalue weighted by atomic mass is 32.2. The van der Waals surface area contributed by atoms with Crippen molar-refractivity contribution < 1.29 is 18.3 Å². The van der Waals surface area contributed by atoms with Crippen LogP contribution in [0.5, 0.6) is 0 Å². The molecular formula is C9H10O4S. The first-order valence-corrected chi connectivity index (χ1v) is 5.16. The molecule has 1 aromatic rings. The summed E-state index contributed by atoms with van der Waals surface area (Å²) < 4.78 is 23.8. The Labute approximate surface area is 84.2 Å². The van der Waals surface area contributed by atoms with Crippen molar-refractivity contribution in [1.82, 2.24) is 0 Å². The first kappa shape index (κ1) is 10.9. The molecular weight excluding hydrogens is 204 g/mol. The van der Waals surface area contributed by atoms with E-state index in [2.05, 4.69) is 4.74 Å². The zero-order valence-electron chi connectivity index (χ0n) is 7.60. The summed E-state index contributed by atoms with van der Waals surface area (Å²) in [6, 6.07) is 6.57. The third kappa shape index (κ3) is 2.65. The molecule has 4 nitrogen and oxygen atoms in total. The molecule has 0 spiro atoms. The number of hydrogen-bond donors (Lipinski definition) is 1. The Morgan fingerprint density at radius 2 is 2.14 bits per heavy atom. The van der Waals surface area contributed by atoms with Crippen LogP contribution in [0.15, 0.2) is 24.3 Å². The molecule has 0 aliphatic carbocycles. The average molecular weight is 214 g/mol. The molecule has 0 heterocycles. The minimum absolute atomic E-state index is 0.0642. The Hall–Kier alpha value is -1.20. The topological polar surface area (TPSA) is 63.6 Å². The Morgan fingerprint density at radius 3 is 2.71 bits per heavy atom. The van der Waals surface area contributed by atoms with Crippen molar-refractivity contribution in [3.63, 3.8) is 0 Å². The molecule has 76 valence electrons. The van der Waals surface area contributed by atoms with Gasteiger partial charge in [0.05, 0.1) is 18.4 Å². The Balaban J connectivity index is 3.02. The van der Waals surface area contributed by atoms with Crippen LogP contribution in [0.2, 0.25) is 0 Å². The molecule has 0 bridgehead atoms. The molecule has 0 radical (unpaired) electrons. The van der Waals surface area contributed by atoms with Gasteiger partial charge in [-0.05, 0) is 11.6 Å². The molecule has 1 aromatic carbocycles.